The van der Waals surface area contributed by atoms with Crippen molar-refractivity contribution in [3.05, 3.63) is 46.5 Å². The average Bonchev–Trinajstić information content (AvgIpc) is 2.80. The highest BCUT2D eigenvalue weighted by molar-refractivity contribution is 6.27. The summed E-state index contributed by atoms with van der Waals surface area (Å²) in [6.45, 7) is 3.95. The fourth-order valence-corrected chi connectivity index (χ4v) is 2.83. The third-order valence-corrected chi connectivity index (χ3v) is 3.90. The molecule has 5 nitrogen and oxygen atoms in total. The lowest BCUT2D eigenvalue weighted by Crippen LogP contribution is -2.20. The number of carbonyl (C=O) groups excluding carboxylic acids is 3. The van der Waals surface area contributed by atoms with E-state index in [-0.39, 0.29) is 11.8 Å². The molecule has 1 aliphatic heterocycles. The molecule has 1 aliphatic rings. The molecule has 2 amide bonds. The van der Waals surface area contributed by atoms with Crippen LogP contribution in [-0.2, 0) is 4.74 Å². The van der Waals surface area contributed by atoms with Gasteiger partial charge in [0.1, 0.15) is 0 Å². The summed E-state index contributed by atoms with van der Waals surface area (Å²) < 4.78 is 4.71. The van der Waals surface area contributed by atoms with Crippen LogP contribution in [0.3, 0.4) is 0 Å². The number of imide groups is 1. The van der Waals surface area contributed by atoms with E-state index >= 15 is 0 Å². The van der Waals surface area contributed by atoms with E-state index in [1.54, 1.807) is 18.2 Å². The smallest absolute Gasteiger partial charge is 0.337 e. The first-order chi connectivity index (χ1) is 10.4. The van der Waals surface area contributed by atoms with Crippen LogP contribution < -0.4 is 5.32 Å². The maximum atomic E-state index is 12.2. The van der Waals surface area contributed by atoms with Crippen LogP contribution in [0.15, 0.2) is 24.3 Å². The molecule has 0 aliphatic carbocycles. The summed E-state index contributed by atoms with van der Waals surface area (Å²) in [5.74, 6) is -1.17. The lowest BCUT2D eigenvalue weighted by Gasteiger charge is -2.13. The van der Waals surface area contributed by atoms with Crippen molar-refractivity contribution < 1.29 is 19.1 Å². The fraction of sp³-hybridized carbons (Fsp3) is 0.235. The number of hydrogen-bond acceptors (Lipinski definition) is 4. The summed E-state index contributed by atoms with van der Waals surface area (Å²) in [7, 11) is 1.30. The van der Waals surface area contributed by atoms with E-state index in [4.69, 9.17) is 4.74 Å². The van der Waals surface area contributed by atoms with Crippen LogP contribution in [0.25, 0.3) is 10.8 Å². The number of rotatable bonds is 2. The van der Waals surface area contributed by atoms with Gasteiger partial charge in [-0.3, -0.25) is 14.9 Å². The first-order valence-corrected chi connectivity index (χ1v) is 6.98. The highest BCUT2D eigenvalue weighted by Crippen LogP contribution is 2.33. The molecular weight excluding hydrogens is 282 g/mol. The third kappa shape index (κ3) is 1.97. The van der Waals surface area contributed by atoms with Crippen LogP contribution >= 0.6 is 0 Å². The van der Waals surface area contributed by atoms with Crippen molar-refractivity contribution in [3.63, 3.8) is 0 Å². The minimum absolute atomic E-state index is 0.107. The molecule has 0 unspecified atom stereocenters. The average molecular weight is 297 g/mol. The molecule has 0 spiro atoms. The molecule has 1 heterocycles. The minimum Gasteiger partial charge on any atom is -0.465 e. The summed E-state index contributed by atoms with van der Waals surface area (Å²) in [6.07, 6.45) is 0. The molecule has 0 aromatic heterocycles. The van der Waals surface area contributed by atoms with Gasteiger partial charge in [0, 0.05) is 0 Å². The van der Waals surface area contributed by atoms with Gasteiger partial charge in [-0.05, 0) is 34.4 Å². The molecule has 0 radical (unpaired) electrons. The van der Waals surface area contributed by atoms with Crippen LogP contribution in [0.4, 0.5) is 0 Å². The maximum Gasteiger partial charge on any atom is 0.337 e. The normalized spacial score (nSPS) is 13.5. The van der Waals surface area contributed by atoms with Gasteiger partial charge in [-0.1, -0.05) is 26.0 Å². The molecule has 3 rings (SSSR count). The fourth-order valence-electron chi connectivity index (χ4n) is 2.83. The van der Waals surface area contributed by atoms with E-state index in [9.17, 15) is 14.4 Å². The number of methoxy groups -OCH3 is 1. The first-order valence-electron chi connectivity index (χ1n) is 6.98. The molecule has 22 heavy (non-hydrogen) atoms. The first kappa shape index (κ1) is 14.3. The Hall–Kier alpha value is -2.69. The van der Waals surface area contributed by atoms with Crippen molar-refractivity contribution in [2.24, 2.45) is 0 Å². The molecule has 2 aromatic carbocycles. The predicted octanol–water partition coefficient (Wildman–Crippen LogP) is 2.63. The van der Waals surface area contributed by atoms with Crippen molar-refractivity contribution in [2.75, 3.05) is 7.11 Å². The van der Waals surface area contributed by atoms with E-state index in [0.29, 0.717) is 22.1 Å². The summed E-state index contributed by atoms with van der Waals surface area (Å²) in [6, 6.07) is 6.92. The van der Waals surface area contributed by atoms with Crippen molar-refractivity contribution >= 4 is 28.6 Å². The van der Waals surface area contributed by atoms with Gasteiger partial charge in [0.05, 0.1) is 23.8 Å². The number of nitrogens with one attached hydrogen (secondary N) is 1. The van der Waals surface area contributed by atoms with Gasteiger partial charge in [-0.25, -0.2) is 4.79 Å². The van der Waals surface area contributed by atoms with Crippen molar-refractivity contribution in [1.29, 1.82) is 0 Å². The van der Waals surface area contributed by atoms with Crippen LogP contribution in [0.2, 0.25) is 0 Å². The lowest BCUT2D eigenvalue weighted by atomic mass is 9.89. The lowest BCUT2D eigenvalue weighted by molar-refractivity contribution is 0.0600. The highest BCUT2D eigenvalue weighted by atomic mass is 16.5. The molecule has 1 N–H and O–H groups in total. The molecule has 0 saturated carbocycles. The van der Waals surface area contributed by atoms with Gasteiger partial charge in [0.25, 0.3) is 11.8 Å². The second-order valence-electron chi connectivity index (χ2n) is 5.58. The Bertz CT molecular complexity index is 836. The zero-order valence-electron chi connectivity index (χ0n) is 12.5. The van der Waals surface area contributed by atoms with E-state index in [1.165, 1.54) is 7.11 Å². The van der Waals surface area contributed by atoms with Crippen LogP contribution in [0, 0.1) is 0 Å². The number of fused-ring (bicyclic) bond motifs is 3. The zero-order chi connectivity index (χ0) is 16.0. The molecule has 0 atom stereocenters. The predicted molar refractivity (Wildman–Crippen MR) is 81.2 cm³/mol. The van der Waals surface area contributed by atoms with Gasteiger partial charge in [0.15, 0.2) is 0 Å². The van der Waals surface area contributed by atoms with Gasteiger partial charge in [-0.15, -0.1) is 0 Å². The standard InChI is InChI=1S/C17H15NO4/c1-8(2)11-6-9-4-5-10(17(21)22-3)7-12(9)14-13(11)15(19)18-16(14)20/h4-8H,1-3H3,(H,18,19,20). The van der Waals surface area contributed by atoms with Crippen molar-refractivity contribution in [1.82, 2.24) is 5.32 Å². The maximum absolute atomic E-state index is 12.2. The van der Waals surface area contributed by atoms with Crippen LogP contribution in [0.5, 0.6) is 0 Å². The Balaban J connectivity index is 2.39. The third-order valence-electron chi connectivity index (χ3n) is 3.90. The van der Waals surface area contributed by atoms with Gasteiger partial charge >= 0.3 is 5.97 Å². The molecule has 0 fully saturated rings. The molecule has 5 heteroatoms. The Kier molecular flexibility index (Phi) is 3.20. The summed E-state index contributed by atoms with van der Waals surface area (Å²) in [5, 5.41) is 3.75. The molecule has 2 aromatic rings. The zero-order valence-corrected chi connectivity index (χ0v) is 12.5. The van der Waals surface area contributed by atoms with Gasteiger partial charge in [-0.2, -0.15) is 0 Å². The van der Waals surface area contributed by atoms with Crippen LogP contribution in [0.1, 0.15) is 56.4 Å². The molecule has 0 saturated heterocycles. The highest BCUT2D eigenvalue weighted by Gasteiger charge is 2.32. The van der Waals surface area contributed by atoms with Gasteiger partial charge < -0.3 is 4.74 Å². The Morgan fingerprint density at radius 1 is 1.09 bits per heavy atom. The summed E-state index contributed by atoms with van der Waals surface area (Å²) in [4.78, 5) is 36.0. The quantitative estimate of drug-likeness (QED) is 0.683. The number of carbonyl (C=O) groups is 3. The van der Waals surface area contributed by atoms with Crippen LogP contribution in [-0.4, -0.2) is 24.9 Å². The van der Waals surface area contributed by atoms with Crippen molar-refractivity contribution in [3.8, 4) is 0 Å². The topological polar surface area (TPSA) is 72.5 Å². The summed E-state index contributed by atoms with van der Waals surface area (Å²) >= 11 is 0. The Morgan fingerprint density at radius 2 is 1.77 bits per heavy atom. The molecule has 112 valence electrons. The monoisotopic (exact) mass is 297 g/mol. The van der Waals surface area contributed by atoms with E-state index < -0.39 is 11.9 Å². The second kappa shape index (κ2) is 4.94. The van der Waals surface area contributed by atoms with E-state index in [2.05, 4.69) is 5.32 Å². The number of benzene rings is 2. The second-order valence-corrected chi connectivity index (χ2v) is 5.58. The SMILES string of the molecule is COC(=O)c1ccc2cc(C(C)C)c3c(c2c1)C(=O)NC3=O. The number of esters is 1. The Morgan fingerprint density at radius 3 is 2.41 bits per heavy atom. The van der Waals surface area contributed by atoms with Crippen molar-refractivity contribution in [2.45, 2.75) is 19.8 Å². The van der Waals surface area contributed by atoms with E-state index in [0.717, 1.165) is 10.9 Å². The Labute approximate surface area is 127 Å². The molecule has 0 bridgehead atoms. The number of ether oxygens (including phenoxy) is 1. The number of amides is 2. The summed E-state index contributed by atoms with van der Waals surface area (Å²) in [5.41, 5.74) is 1.93. The van der Waals surface area contributed by atoms with E-state index in [1.807, 2.05) is 19.9 Å². The largest absolute Gasteiger partial charge is 0.465 e. The molecular formula is C17H15NO4. The minimum atomic E-state index is -0.478. The van der Waals surface area contributed by atoms with Gasteiger partial charge in [0.2, 0.25) is 0 Å². The number of hydrogen-bond donors (Lipinski definition) is 1.